The van der Waals surface area contributed by atoms with E-state index in [-0.39, 0.29) is 0 Å². The molecule has 11 heavy (non-hydrogen) atoms. The molecule has 5 heteroatoms. The molecule has 1 aliphatic heterocycles. The molecule has 5 nitrogen and oxygen atoms in total. The molecule has 1 rings (SSSR count). The second-order valence-corrected chi connectivity index (χ2v) is 2.38. The lowest BCUT2D eigenvalue weighted by Crippen LogP contribution is -2.58. The Balaban J connectivity index is 2.67. The van der Waals surface area contributed by atoms with Crippen LogP contribution in [0, 0.1) is 5.92 Å². The molecule has 0 atom stereocenters. The zero-order chi connectivity index (χ0) is 8.43. The number of carbonyl (C=O) groups is 2. The fraction of sp³-hybridized carbons (Fsp3) is 0.667. The molecule has 1 aliphatic rings. The van der Waals surface area contributed by atoms with Gasteiger partial charge in [-0.3, -0.25) is 9.59 Å². The van der Waals surface area contributed by atoms with Crippen molar-refractivity contribution in [2.24, 2.45) is 5.92 Å². The molecule has 0 bridgehead atoms. The number of aliphatic hydroxyl groups excluding tert-OH is 1. The van der Waals surface area contributed by atoms with E-state index in [1.54, 1.807) is 6.92 Å². The first-order chi connectivity index (χ1) is 5.15. The van der Waals surface area contributed by atoms with E-state index in [2.05, 4.69) is 10.6 Å². The Morgan fingerprint density at radius 1 is 1.36 bits per heavy atom. The van der Waals surface area contributed by atoms with Gasteiger partial charge in [-0.05, 0) is 6.42 Å². The minimum Gasteiger partial charge on any atom is -0.356 e. The normalized spacial score (nSPS) is 31.1. The Morgan fingerprint density at radius 3 is 2.18 bits per heavy atom. The average Bonchev–Trinajstić information content (AvgIpc) is 1.85. The number of hydrogen-bond donors (Lipinski definition) is 3. The van der Waals surface area contributed by atoms with Gasteiger partial charge in [0, 0.05) is 0 Å². The predicted molar refractivity (Wildman–Crippen MR) is 36.1 cm³/mol. The quantitative estimate of drug-likeness (QED) is 0.408. The molecule has 2 amide bonds. The fourth-order valence-electron chi connectivity index (χ4n) is 0.997. The highest BCUT2D eigenvalue weighted by Gasteiger charge is 2.31. The van der Waals surface area contributed by atoms with E-state index in [0.717, 1.165) is 0 Å². The molecule has 0 aliphatic carbocycles. The first-order valence-corrected chi connectivity index (χ1v) is 3.44. The third-order valence-corrected chi connectivity index (χ3v) is 1.60. The van der Waals surface area contributed by atoms with E-state index in [0.29, 0.717) is 6.42 Å². The minimum atomic E-state index is -1.22. The van der Waals surface area contributed by atoms with Gasteiger partial charge < -0.3 is 15.7 Å². The summed E-state index contributed by atoms with van der Waals surface area (Å²) >= 11 is 0. The summed E-state index contributed by atoms with van der Waals surface area (Å²) in [6, 6.07) is 0. The van der Waals surface area contributed by atoms with Gasteiger partial charge in [-0.25, -0.2) is 0 Å². The maximum atomic E-state index is 10.9. The maximum absolute atomic E-state index is 10.9. The van der Waals surface area contributed by atoms with Gasteiger partial charge in [0.05, 0.1) is 0 Å². The van der Waals surface area contributed by atoms with Gasteiger partial charge in [0.15, 0.2) is 0 Å². The van der Waals surface area contributed by atoms with Crippen LogP contribution in [-0.2, 0) is 9.59 Å². The van der Waals surface area contributed by atoms with Gasteiger partial charge >= 0.3 is 0 Å². The molecular formula is C6H10N2O3. The second-order valence-electron chi connectivity index (χ2n) is 2.38. The third kappa shape index (κ3) is 1.48. The lowest BCUT2D eigenvalue weighted by Gasteiger charge is -2.25. The van der Waals surface area contributed by atoms with Crippen LogP contribution in [0.4, 0.5) is 0 Å². The summed E-state index contributed by atoms with van der Waals surface area (Å²) in [5.74, 6) is -1.48. The van der Waals surface area contributed by atoms with Gasteiger partial charge in [0.2, 0.25) is 18.2 Å². The van der Waals surface area contributed by atoms with Crippen LogP contribution in [0.2, 0.25) is 0 Å². The van der Waals surface area contributed by atoms with Gasteiger partial charge in [-0.1, -0.05) is 6.92 Å². The Bertz CT molecular complexity index is 174. The van der Waals surface area contributed by atoms with Crippen molar-refractivity contribution in [2.45, 2.75) is 19.7 Å². The van der Waals surface area contributed by atoms with Crippen molar-refractivity contribution in [3.63, 3.8) is 0 Å². The maximum Gasteiger partial charge on any atom is 0.235 e. The highest BCUT2D eigenvalue weighted by Crippen LogP contribution is 2.06. The number of rotatable bonds is 1. The number of nitrogens with one attached hydrogen (secondary N) is 2. The molecule has 0 aromatic rings. The summed E-state index contributed by atoms with van der Waals surface area (Å²) in [6.45, 7) is 1.74. The molecule has 0 aromatic carbocycles. The summed E-state index contributed by atoms with van der Waals surface area (Å²) in [6.07, 6.45) is -0.775. The lowest BCUT2D eigenvalue weighted by molar-refractivity contribution is -0.145. The molecular weight excluding hydrogens is 148 g/mol. The Labute approximate surface area is 63.8 Å². The molecule has 0 spiro atoms. The summed E-state index contributed by atoms with van der Waals surface area (Å²) in [5, 5.41) is 13.2. The molecule has 0 unspecified atom stereocenters. The molecule has 1 fully saturated rings. The van der Waals surface area contributed by atoms with Crippen molar-refractivity contribution in [3.05, 3.63) is 0 Å². The largest absolute Gasteiger partial charge is 0.356 e. The number of carbonyl (C=O) groups excluding carboxylic acids is 2. The lowest BCUT2D eigenvalue weighted by atomic mass is 10.0. The molecule has 0 saturated carbocycles. The number of amides is 2. The van der Waals surface area contributed by atoms with Crippen molar-refractivity contribution in [3.8, 4) is 0 Å². The standard InChI is InChI=1S/C6H10N2O3/c1-2-3-4(9)7-6(11)8-5(3)10/h3,6,11H,2H2,1H3,(H,7,9)(H,8,10). The van der Waals surface area contributed by atoms with Crippen LogP contribution in [0.25, 0.3) is 0 Å². The van der Waals surface area contributed by atoms with Crippen LogP contribution < -0.4 is 10.6 Å². The zero-order valence-electron chi connectivity index (χ0n) is 6.13. The van der Waals surface area contributed by atoms with E-state index in [4.69, 9.17) is 5.11 Å². The molecule has 0 aromatic heterocycles. The van der Waals surface area contributed by atoms with Crippen LogP contribution >= 0.6 is 0 Å². The summed E-state index contributed by atoms with van der Waals surface area (Å²) in [7, 11) is 0. The van der Waals surface area contributed by atoms with Crippen molar-refractivity contribution in [2.75, 3.05) is 0 Å². The van der Waals surface area contributed by atoms with Crippen LogP contribution in [0.15, 0.2) is 0 Å². The Kier molecular flexibility index (Phi) is 2.09. The second kappa shape index (κ2) is 2.87. The van der Waals surface area contributed by atoms with Gasteiger partial charge in [0.1, 0.15) is 5.92 Å². The van der Waals surface area contributed by atoms with Gasteiger partial charge in [-0.2, -0.15) is 0 Å². The third-order valence-electron chi connectivity index (χ3n) is 1.60. The van der Waals surface area contributed by atoms with E-state index < -0.39 is 24.1 Å². The van der Waals surface area contributed by atoms with Crippen molar-refractivity contribution < 1.29 is 14.7 Å². The topological polar surface area (TPSA) is 78.4 Å². The van der Waals surface area contributed by atoms with Gasteiger partial charge in [-0.15, -0.1) is 0 Å². The van der Waals surface area contributed by atoms with Crippen molar-refractivity contribution >= 4 is 11.8 Å². The molecule has 3 N–H and O–H groups in total. The Hall–Kier alpha value is -1.10. The summed E-state index contributed by atoms with van der Waals surface area (Å²) in [5.41, 5.74) is 0. The highest BCUT2D eigenvalue weighted by atomic mass is 16.3. The van der Waals surface area contributed by atoms with E-state index in [1.165, 1.54) is 0 Å². The van der Waals surface area contributed by atoms with E-state index >= 15 is 0 Å². The van der Waals surface area contributed by atoms with Crippen LogP contribution in [0.1, 0.15) is 13.3 Å². The average molecular weight is 158 g/mol. The van der Waals surface area contributed by atoms with E-state index in [1.807, 2.05) is 0 Å². The predicted octanol–water partition coefficient (Wildman–Crippen LogP) is -1.47. The highest BCUT2D eigenvalue weighted by molar-refractivity contribution is 6.02. The molecule has 0 radical (unpaired) electrons. The van der Waals surface area contributed by atoms with Crippen molar-refractivity contribution in [1.29, 1.82) is 0 Å². The first-order valence-electron chi connectivity index (χ1n) is 3.44. The van der Waals surface area contributed by atoms with Crippen LogP contribution in [0.5, 0.6) is 0 Å². The van der Waals surface area contributed by atoms with Crippen LogP contribution in [-0.4, -0.2) is 23.3 Å². The van der Waals surface area contributed by atoms with Gasteiger partial charge in [0.25, 0.3) is 0 Å². The number of hydrogen-bond acceptors (Lipinski definition) is 3. The Morgan fingerprint density at radius 2 is 1.82 bits per heavy atom. The zero-order valence-corrected chi connectivity index (χ0v) is 6.13. The molecule has 1 saturated heterocycles. The number of aliphatic hydroxyl groups is 1. The molecule has 1 heterocycles. The van der Waals surface area contributed by atoms with Crippen molar-refractivity contribution in [1.82, 2.24) is 10.6 Å². The summed E-state index contributed by atoms with van der Waals surface area (Å²) in [4.78, 5) is 21.8. The SMILES string of the molecule is CCC1C(=O)NC(O)NC1=O. The van der Waals surface area contributed by atoms with Crippen LogP contribution in [0.3, 0.4) is 0 Å². The molecule has 62 valence electrons. The first kappa shape index (κ1) is 8.00. The summed E-state index contributed by atoms with van der Waals surface area (Å²) < 4.78 is 0. The minimum absolute atomic E-state index is 0.413. The smallest absolute Gasteiger partial charge is 0.235 e. The monoisotopic (exact) mass is 158 g/mol. The van der Waals surface area contributed by atoms with E-state index in [9.17, 15) is 9.59 Å². The fourth-order valence-corrected chi connectivity index (χ4v) is 0.997.